The van der Waals surface area contributed by atoms with Crippen LogP contribution in [0, 0.1) is 0 Å². The Morgan fingerprint density at radius 2 is 0.490 bits per heavy atom. The maximum absolute atomic E-state index is 6.14. The summed E-state index contributed by atoms with van der Waals surface area (Å²) in [6, 6.07) is 123. The first kappa shape index (κ1) is 54.1. The van der Waals surface area contributed by atoms with Gasteiger partial charge < -0.3 is 22.7 Å². The molecule has 0 radical (unpaired) electrons. The van der Waals surface area contributed by atoms with E-state index < -0.39 is 0 Å². The van der Waals surface area contributed by atoms with Crippen LogP contribution in [-0.2, 0) is 0 Å². The number of thiophene rings is 1. The average molecular weight is 1240 g/mol. The summed E-state index contributed by atoms with van der Waals surface area (Å²) < 4.78 is 18.3. The molecule has 0 saturated heterocycles. The predicted octanol–water partition coefficient (Wildman–Crippen LogP) is 25.0. The molecule has 5 nitrogen and oxygen atoms in total. The highest BCUT2D eigenvalue weighted by Gasteiger charge is 2.20. The molecule has 0 fully saturated rings. The maximum atomic E-state index is 6.14. The Labute approximate surface area is 555 Å². The summed E-state index contributed by atoms with van der Waals surface area (Å²) in [7, 11) is 0. The molecule has 6 aromatic heterocycles. The number of hydrogen-bond acceptors (Lipinski definition) is 2. The predicted molar refractivity (Wildman–Crippen MR) is 407 cm³/mol. The molecule has 0 atom stereocenters. The van der Waals surface area contributed by atoms with Gasteiger partial charge in [-0.3, -0.25) is 0 Å². The fraction of sp³-hybridized carbons (Fsp3) is 0. The summed E-state index contributed by atoms with van der Waals surface area (Å²) in [6.45, 7) is 0. The molecular weight excluding hydrogens is 1190 g/mol. The minimum absolute atomic E-state index is 0.909. The summed E-state index contributed by atoms with van der Waals surface area (Å²) in [5.41, 5.74) is 23.5. The molecule has 0 unspecified atom stereocenters. The first-order chi connectivity index (χ1) is 47.6. The lowest BCUT2D eigenvalue weighted by atomic mass is 10.0. The van der Waals surface area contributed by atoms with Gasteiger partial charge in [-0.15, -0.1) is 11.3 Å². The zero-order valence-electron chi connectivity index (χ0n) is 51.9. The van der Waals surface area contributed by atoms with E-state index in [1.807, 2.05) is 23.5 Å². The van der Waals surface area contributed by atoms with Gasteiger partial charge in [-0.2, -0.15) is 0 Å². The molecule has 0 aliphatic carbocycles. The second kappa shape index (κ2) is 21.6. The van der Waals surface area contributed by atoms with Crippen LogP contribution in [0.15, 0.2) is 344 Å². The topological polar surface area (TPSA) is 32.9 Å². The molecule has 0 spiro atoms. The van der Waals surface area contributed by atoms with Crippen LogP contribution in [0.3, 0.4) is 0 Å². The van der Waals surface area contributed by atoms with E-state index >= 15 is 0 Å². The third-order valence-corrected chi connectivity index (χ3v) is 21.0. The Morgan fingerprint density at radius 3 is 0.969 bits per heavy atom. The van der Waals surface area contributed by atoms with E-state index in [0.717, 1.165) is 33.3 Å². The summed E-state index contributed by atoms with van der Waals surface area (Å²) in [4.78, 5) is 0. The molecule has 21 aromatic rings. The zero-order valence-corrected chi connectivity index (χ0v) is 52.8. The van der Waals surface area contributed by atoms with Crippen LogP contribution < -0.4 is 0 Å². The second-order valence-corrected chi connectivity index (χ2v) is 26.2. The Bertz CT molecular complexity index is 6690. The van der Waals surface area contributed by atoms with Crippen LogP contribution in [0.25, 0.3) is 185 Å². The monoisotopic (exact) mass is 1240 g/mol. The number of fused-ring (bicyclic) bond motifs is 18. The minimum atomic E-state index is 0.909. The van der Waals surface area contributed by atoms with Crippen molar-refractivity contribution in [3.63, 3.8) is 0 Å². The van der Waals surface area contributed by atoms with Gasteiger partial charge >= 0.3 is 0 Å². The van der Waals surface area contributed by atoms with Gasteiger partial charge in [-0.05, 0) is 185 Å². The van der Waals surface area contributed by atoms with Crippen LogP contribution in [0.2, 0.25) is 0 Å². The van der Waals surface area contributed by atoms with Crippen molar-refractivity contribution < 1.29 is 4.42 Å². The number of benzene rings is 15. The third-order valence-electron chi connectivity index (χ3n) is 19.8. The van der Waals surface area contributed by atoms with E-state index in [2.05, 4.69) is 346 Å². The van der Waals surface area contributed by atoms with E-state index in [9.17, 15) is 0 Å². The number of hydrogen-bond donors (Lipinski definition) is 0. The molecule has 0 aliphatic rings. The van der Waals surface area contributed by atoms with Crippen molar-refractivity contribution in [1.29, 1.82) is 0 Å². The molecule has 6 heterocycles. The molecule has 15 aromatic carbocycles. The van der Waals surface area contributed by atoms with Crippen molar-refractivity contribution in [2.45, 2.75) is 0 Å². The number of aromatic nitrogens is 4. The minimum Gasteiger partial charge on any atom is -0.456 e. The maximum Gasteiger partial charge on any atom is 0.135 e. The van der Waals surface area contributed by atoms with Gasteiger partial charge in [0.15, 0.2) is 0 Å². The molecule has 6 heteroatoms. The van der Waals surface area contributed by atoms with Crippen molar-refractivity contribution in [1.82, 2.24) is 18.3 Å². The molecule has 0 saturated carbocycles. The van der Waals surface area contributed by atoms with E-state index in [0.29, 0.717) is 0 Å². The van der Waals surface area contributed by atoms with E-state index in [-0.39, 0.29) is 0 Å². The number of rotatable bonds is 7. The van der Waals surface area contributed by atoms with Gasteiger partial charge in [0.05, 0.1) is 44.1 Å². The number of nitrogens with zero attached hydrogens (tertiary/aromatic N) is 4. The summed E-state index contributed by atoms with van der Waals surface area (Å²) in [5.74, 6) is 0. The van der Waals surface area contributed by atoms with Crippen LogP contribution in [0.1, 0.15) is 0 Å². The van der Waals surface area contributed by atoms with Crippen molar-refractivity contribution in [3.8, 4) is 56.1 Å². The van der Waals surface area contributed by atoms with Gasteiger partial charge in [0, 0.05) is 96.8 Å². The Kier molecular flexibility index (Phi) is 12.1. The Balaban J connectivity index is 0.000000132. The molecule has 0 aliphatic heterocycles. The lowest BCUT2D eigenvalue weighted by Gasteiger charge is -2.10. The SMILES string of the molecule is c1ccc(-n2c3ccccc3c3cc(-c4ccc5c(c4)c4ccccc4n5-c4ccc(-c5ccc6sc7ccccc7c6c5)cc4)ccc32)cc1.c1ccc(-n2c3ccccc3c3cc(-c4ccc5c(c4)c4ccccc4n5-c4ccc5oc6ccccc6c5c4)ccc32)cc1. The fourth-order valence-corrected chi connectivity index (χ4v) is 16.5. The van der Waals surface area contributed by atoms with Crippen molar-refractivity contribution in [3.05, 3.63) is 340 Å². The highest BCUT2D eigenvalue weighted by molar-refractivity contribution is 7.25. The molecule has 96 heavy (non-hydrogen) atoms. The standard InChI is InChI=1S/C48H30N2S.C42H26N2O/c1-2-10-35(11-3-1)49-43-15-7-4-12-37(43)40-28-33(20-25-45(40)49)34-21-26-46-41(29-34)38-13-5-8-16-44(38)50(46)36-23-18-31(19-24-36)32-22-27-48-42(30-32)39-14-6-9-17-47(39)51-48;1-2-10-29(11-3-1)43-37-15-7-4-12-31(37)34-24-27(18-21-39(34)43)28-19-22-40-35(25-28)32-13-5-8-16-38(32)44(40)30-20-23-42-36(26-30)33-14-6-9-17-41(33)45-42/h1-30H;1-26H. The van der Waals surface area contributed by atoms with E-state index in [1.165, 1.54) is 152 Å². The first-order valence-electron chi connectivity index (χ1n) is 32.8. The van der Waals surface area contributed by atoms with Gasteiger partial charge in [-0.25, -0.2) is 0 Å². The number of para-hydroxylation sites is 7. The van der Waals surface area contributed by atoms with Crippen LogP contribution in [0.5, 0.6) is 0 Å². The normalized spacial score (nSPS) is 12.0. The van der Waals surface area contributed by atoms with Gasteiger partial charge in [0.1, 0.15) is 11.2 Å². The highest BCUT2D eigenvalue weighted by Crippen LogP contribution is 2.43. The zero-order chi connectivity index (χ0) is 63.0. The smallest absolute Gasteiger partial charge is 0.135 e. The Morgan fingerprint density at radius 1 is 0.177 bits per heavy atom. The highest BCUT2D eigenvalue weighted by atomic mass is 32.1. The summed E-state index contributed by atoms with van der Waals surface area (Å²) in [6.07, 6.45) is 0. The molecule has 0 amide bonds. The van der Waals surface area contributed by atoms with Gasteiger partial charge in [0.2, 0.25) is 0 Å². The quantitative estimate of drug-likeness (QED) is 0.157. The largest absolute Gasteiger partial charge is 0.456 e. The van der Waals surface area contributed by atoms with Crippen LogP contribution >= 0.6 is 11.3 Å². The lowest BCUT2D eigenvalue weighted by Crippen LogP contribution is -1.94. The molecule has 0 N–H and O–H groups in total. The summed E-state index contributed by atoms with van der Waals surface area (Å²) >= 11 is 1.86. The van der Waals surface area contributed by atoms with Crippen molar-refractivity contribution in [2.75, 3.05) is 0 Å². The molecule has 448 valence electrons. The molecular formula is C90H56N4OS. The van der Waals surface area contributed by atoms with Crippen molar-refractivity contribution in [2.24, 2.45) is 0 Å². The first-order valence-corrected chi connectivity index (χ1v) is 33.6. The lowest BCUT2D eigenvalue weighted by molar-refractivity contribution is 0.669. The van der Waals surface area contributed by atoms with Crippen LogP contribution in [-0.4, -0.2) is 18.3 Å². The average Bonchev–Trinajstić information content (AvgIpc) is 1.61. The number of furan rings is 1. The second-order valence-electron chi connectivity index (χ2n) is 25.1. The molecule has 21 rings (SSSR count). The van der Waals surface area contributed by atoms with E-state index in [1.54, 1.807) is 0 Å². The van der Waals surface area contributed by atoms with Crippen molar-refractivity contribution >= 4 is 141 Å². The molecule has 0 bridgehead atoms. The fourth-order valence-electron chi connectivity index (χ4n) is 15.4. The Hall–Kier alpha value is -12.5. The van der Waals surface area contributed by atoms with Gasteiger partial charge in [-0.1, -0.05) is 188 Å². The van der Waals surface area contributed by atoms with Gasteiger partial charge in [0.25, 0.3) is 0 Å². The van der Waals surface area contributed by atoms with Crippen LogP contribution in [0.4, 0.5) is 0 Å². The third kappa shape index (κ3) is 8.49. The van der Waals surface area contributed by atoms with E-state index in [4.69, 9.17) is 4.42 Å². The summed E-state index contributed by atoms with van der Waals surface area (Å²) in [5, 5.41) is 15.0.